The molecule has 1 aliphatic rings. The monoisotopic (exact) mass is 303 g/mol. The van der Waals surface area contributed by atoms with Crippen LogP contribution in [0.3, 0.4) is 0 Å². The highest BCUT2D eigenvalue weighted by Gasteiger charge is 2.21. The largest absolute Gasteiger partial charge is 0.340 e. The number of rotatable bonds is 4. The van der Waals surface area contributed by atoms with Crippen LogP contribution in [0.15, 0.2) is 24.3 Å². The maximum absolute atomic E-state index is 12.1. The van der Waals surface area contributed by atoms with Crippen molar-refractivity contribution < 1.29 is 14.4 Å². The lowest BCUT2D eigenvalue weighted by atomic mass is 10.1. The molecule has 1 aliphatic heterocycles. The lowest BCUT2D eigenvalue weighted by Gasteiger charge is -2.32. The van der Waals surface area contributed by atoms with E-state index in [9.17, 15) is 14.4 Å². The van der Waals surface area contributed by atoms with Gasteiger partial charge in [-0.2, -0.15) is 0 Å². The van der Waals surface area contributed by atoms with Gasteiger partial charge in [-0.15, -0.1) is 0 Å². The van der Waals surface area contributed by atoms with E-state index in [1.807, 2.05) is 7.05 Å². The number of carbonyl (C=O) groups excluding carboxylic acids is 3. The third-order valence-corrected chi connectivity index (χ3v) is 3.72. The van der Waals surface area contributed by atoms with E-state index in [4.69, 9.17) is 0 Å². The SMILES string of the molecule is CC(=O)c1cccc(NC(=O)CC(=O)N2CCN(C)CC2)c1. The first-order valence-electron chi connectivity index (χ1n) is 7.33. The molecule has 6 nitrogen and oxygen atoms in total. The fourth-order valence-corrected chi connectivity index (χ4v) is 2.33. The highest BCUT2D eigenvalue weighted by Crippen LogP contribution is 2.12. The summed E-state index contributed by atoms with van der Waals surface area (Å²) in [5, 5.41) is 2.67. The van der Waals surface area contributed by atoms with E-state index in [0.717, 1.165) is 13.1 Å². The van der Waals surface area contributed by atoms with Gasteiger partial charge in [-0.3, -0.25) is 14.4 Å². The molecule has 1 aromatic carbocycles. The number of benzene rings is 1. The molecule has 1 saturated heterocycles. The Morgan fingerprint density at radius 3 is 2.45 bits per heavy atom. The fourth-order valence-electron chi connectivity index (χ4n) is 2.33. The summed E-state index contributed by atoms with van der Waals surface area (Å²) in [7, 11) is 2.01. The van der Waals surface area contributed by atoms with E-state index >= 15 is 0 Å². The van der Waals surface area contributed by atoms with E-state index in [-0.39, 0.29) is 24.0 Å². The van der Waals surface area contributed by atoms with Crippen molar-refractivity contribution in [2.45, 2.75) is 13.3 Å². The predicted octanol–water partition coefficient (Wildman–Crippen LogP) is 0.992. The molecule has 0 bridgehead atoms. The Labute approximate surface area is 130 Å². The van der Waals surface area contributed by atoms with Crippen LogP contribution in [-0.4, -0.2) is 60.6 Å². The van der Waals surface area contributed by atoms with Gasteiger partial charge in [0, 0.05) is 37.4 Å². The van der Waals surface area contributed by atoms with Crippen molar-refractivity contribution in [3.8, 4) is 0 Å². The zero-order valence-corrected chi connectivity index (χ0v) is 13.0. The van der Waals surface area contributed by atoms with Crippen LogP contribution in [0.25, 0.3) is 0 Å². The second-order valence-corrected chi connectivity index (χ2v) is 5.55. The minimum Gasteiger partial charge on any atom is -0.340 e. The zero-order valence-electron chi connectivity index (χ0n) is 13.0. The first-order chi connectivity index (χ1) is 10.5. The van der Waals surface area contributed by atoms with Crippen molar-refractivity contribution in [1.82, 2.24) is 9.80 Å². The number of ketones is 1. The average molecular weight is 303 g/mol. The zero-order chi connectivity index (χ0) is 16.1. The highest BCUT2D eigenvalue weighted by atomic mass is 16.2. The Kier molecular flexibility index (Phi) is 5.27. The van der Waals surface area contributed by atoms with Crippen molar-refractivity contribution in [1.29, 1.82) is 0 Å². The molecule has 1 heterocycles. The van der Waals surface area contributed by atoms with Crippen LogP contribution in [0, 0.1) is 0 Å². The van der Waals surface area contributed by atoms with Gasteiger partial charge in [0.1, 0.15) is 6.42 Å². The molecule has 0 spiro atoms. The maximum Gasteiger partial charge on any atom is 0.233 e. The molecule has 6 heteroatoms. The Balaban J connectivity index is 1.88. The smallest absolute Gasteiger partial charge is 0.233 e. The molecule has 22 heavy (non-hydrogen) atoms. The van der Waals surface area contributed by atoms with Gasteiger partial charge >= 0.3 is 0 Å². The van der Waals surface area contributed by atoms with Gasteiger partial charge in [0.05, 0.1) is 0 Å². The molecule has 0 atom stereocenters. The lowest BCUT2D eigenvalue weighted by Crippen LogP contribution is -2.47. The molecule has 118 valence electrons. The van der Waals surface area contributed by atoms with Gasteiger partial charge in [-0.1, -0.05) is 12.1 Å². The standard InChI is InChI=1S/C16H21N3O3/c1-12(20)13-4-3-5-14(10-13)17-15(21)11-16(22)19-8-6-18(2)7-9-19/h3-5,10H,6-9,11H2,1-2H3,(H,17,21). The lowest BCUT2D eigenvalue weighted by molar-refractivity contribution is -0.135. The molecule has 1 aromatic rings. The molecule has 0 saturated carbocycles. The van der Waals surface area contributed by atoms with Crippen molar-refractivity contribution in [2.75, 3.05) is 38.5 Å². The fraction of sp³-hybridized carbons (Fsp3) is 0.438. The van der Waals surface area contributed by atoms with E-state index in [1.54, 1.807) is 29.2 Å². The number of amides is 2. The summed E-state index contributed by atoms with van der Waals surface area (Å²) in [6, 6.07) is 6.70. The number of likely N-dealkylation sites (N-methyl/N-ethyl adjacent to an activating group) is 1. The van der Waals surface area contributed by atoms with E-state index in [0.29, 0.717) is 24.3 Å². The van der Waals surface area contributed by atoms with Crippen LogP contribution in [0.2, 0.25) is 0 Å². The number of carbonyl (C=O) groups is 3. The molecular weight excluding hydrogens is 282 g/mol. The van der Waals surface area contributed by atoms with Crippen LogP contribution in [-0.2, 0) is 9.59 Å². The van der Waals surface area contributed by atoms with Crippen LogP contribution in [0.5, 0.6) is 0 Å². The van der Waals surface area contributed by atoms with E-state index in [1.165, 1.54) is 6.92 Å². The summed E-state index contributed by atoms with van der Waals surface area (Å²) in [5.41, 5.74) is 1.06. The van der Waals surface area contributed by atoms with E-state index < -0.39 is 0 Å². The van der Waals surface area contributed by atoms with Gasteiger partial charge in [0.2, 0.25) is 11.8 Å². The van der Waals surface area contributed by atoms with Crippen molar-refractivity contribution in [3.63, 3.8) is 0 Å². The number of hydrogen-bond donors (Lipinski definition) is 1. The number of Topliss-reactive ketones (excluding diaryl/α,β-unsaturated/α-hetero) is 1. The molecular formula is C16H21N3O3. The molecule has 0 aromatic heterocycles. The molecule has 0 aliphatic carbocycles. The summed E-state index contributed by atoms with van der Waals surface area (Å²) in [5.74, 6) is -0.581. The van der Waals surface area contributed by atoms with Gasteiger partial charge < -0.3 is 15.1 Å². The molecule has 1 N–H and O–H groups in total. The molecule has 0 unspecified atom stereocenters. The number of piperazine rings is 1. The Morgan fingerprint density at radius 1 is 1.14 bits per heavy atom. The third-order valence-electron chi connectivity index (χ3n) is 3.72. The number of hydrogen-bond acceptors (Lipinski definition) is 4. The summed E-state index contributed by atoms with van der Waals surface area (Å²) in [6.07, 6.45) is -0.173. The van der Waals surface area contributed by atoms with Crippen LogP contribution in [0.4, 0.5) is 5.69 Å². The first-order valence-corrected chi connectivity index (χ1v) is 7.33. The second-order valence-electron chi connectivity index (χ2n) is 5.55. The topological polar surface area (TPSA) is 69.7 Å². The van der Waals surface area contributed by atoms with E-state index in [2.05, 4.69) is 10.2 Å². The van der Waals surface area contributed by atoms with Gasteiger partial charge in [0.25, 0.3) is 0 Å². The number of nitrogens with zero attached hydrogens (tertiary/aromatic N) is 2. The molecule has 2 amide bonds. The Hall–Kier alpha value is -2.21. The van der Waals surface area contributed by atoms with Crippen LogP contribution < -0.4 is 5.32 Å². The molecule has 0 radical (unpaired) electrons. The maximum atomic E-state index is 12.1. The summed E-state index contributed by atoms with van der Waals surface area (Å²) >= 11 is 0. The first kappa shape index (κ1) is 16.2. The number of anilines is 1. The summed E-state index contributed by atoms with van der Waals surface area (Å²) in [4.78, 5) is 39.2. The van der Waals surface area contributed by atoms with Crippen molar-refractivity contribution in [3.05, 3.63) is 29.8 Å². The quantitative estimate of drug-likeness (QED) is 0.665. The van der Waals surface area contributed by atoms with Crippen LogP contribution >= 0.6 is 0 Å². The Morgan fingerprint density at radius 2 is 1.82 bits per heavy atom. The summed E-state index contributed by atoms with van der Waals surface area (Å²) < 4.78 is 0. The third kappa shape index (κ3) is 4.39. The average Bonchev–Trinajstić information content (AvgIpc) is 2.47. The minimum absolute atomic E-state index is 0.0652. The normalized spacial score (nSPS) is 15.5. The van der Waals surface area contributed by atoms with Crippen molar-refractivity contribution >= 4 is 23.3 Å². The predicted molar refractivity (Wildman–Crippen MR) is 83.8 cm³/mol. The minimum atomic E-state index is -0.357. The summed E-state index contributed by atoms with van der Waals surface area (Å²) in [6.45, 7) is 4.44. The number of nitrogens with one attached hydrogen (secondary N) is 1. The van der Waals surface area contributed by atoms with Crippen molar-refractivity contribution in [2.24, 2.45) is 0 Å². The molecule has 1 fully saturated rings. The van der Waals surface area contributed by atoms with Gasteiger partial charge in [-0.05, 0) is 26.1 Å². The van der Waals surface area contributed by atoms with Gasteiger partial charge in [0.15, 0.2) is 5.78 Å². The van der Waals surface area contributed by atoms with Gasteiger partial charge in [-0.25, -0.2) is 0 Å². The highest BCUT2D eigenvalue weighted by molar-refractivity contribution is 6.04. The molecule has 2 rings (SSSR count). The second kappa shape index (κ2) is 7.17. The van der Waals surface area contributed by atoms with Crippen LogP contribution in [0.1, 0.15) is 23.7 Å². The Bertz CT molecular complexity index is 578.